The number of fused-ring (bicyclic) bond motifs is 1. The standard InChI is InChI=1S/C14H14F3N5O2S/c15-14(16,17)9-22-10(5-6-19-22)7-18-8-13-20-11-3-1-2-4-12(11)25(23,24)21-13/h1-6,18H,7-9H2,(H,20,21). The number of sulfonamides is 1. The molecule has 1 aromatic carbocycles. The first-order valence-corrected chi connectivity index (χ1v) is 8.67. The molecule has 0 aliphatic carbocycles. The van der Waals surface area contributed by atoms with Crippen LogP contribution in [0.2, 0.25) is 0 Å². The van der Waals surface area contributed by atoms with Gasteiger partial charge in [-0.2, -0.15) is 26.7 Å². The van der Waals surface area contributed by atoms with Crippen LogP contribution in [0, 0.1) is 0 Å². The molecule has 0 spiro atoms. The number of halogens is 3. The minimum atomic E-state index is -4.37. The second-order valence-corrected chi connectivity index (χ2v) is 6.91. The highest BCUT2D eigenvalue weighted by molar-refractivity contribution is 7.90. The van der Waals surface area contributed by atoms with Gasteiger partial charge in [-0.15, -0.1) is 4.40 Å². The molecule has 1 aliphatic heterocycles. The monoisotopic (exact) mass is 373 g/mol. The van der Waals surface area contributed by atoms with E-state index in [1.165, 1.54) is 18.3 Å². The van der Waals surface area contributed by atoms with Crippen LogP contribution >= 0.6 is 0 Å². The fourth-order valence-electron chi connectivity index (χ4n) is 2.38. The van der Waals surface area contributed by atoms with Gasteiger partial charge in [0, 0.05) is 12.7 Å². The number of rotatable bonds is 5. The molecule has 0 saturated carbocycles. The molecule has 25 heavy (non-hydrogen) atoms. The zero-order valence-electron chi connectivity index (χ0n) is 12.8. The Morgan fingerprint density at radius 2 is 1.92 bits per heavy atom. The smallest absolute Gasteiger partial charge is 0.341 e. The van der Waals surface area contributed by atoms with E-state index in [0.717, 1.165) is 4.68 Å². The predicted octanol–water partition coefficient (Wildman–Crippen LogP) is 1.75. The lowest BCUT2D eigenvalue weighted by atomic mass is 10.3. The third kappa shape index (κ3) is 4.17. The third-order valence-electron chi connectivity index (χ3n) is 3.41. The summed E-state index contributed by atoms with van der Waals surface area (Å²) in [6, 6.07) is 7.80. The molecule has 0 unspecified atom stereocenters. The predicted molar refractivity (Wildman–Crippen MR) is 84.7 cm³/mol. The van der Waals surface area contributed by atoms with Crippen LogP contribution in [-0.4, -0.2) is 36.8 Å². The summed E-state index contributed by atoms with van der Waals surface area (Å²) in [6.07, 6.45) is -3.09. The van der Waals surface area contributed by atoms with E-state index in [-0.39, 0.29) is 23.8 Å². The number of aromatic nitrogens is 2. The molecule has 0 saturated heterocycles. The molecule has 134 valence electrons. The number of nitrogens with one attached hydrogen (secondary N) is 2. The summed E-state index contributed by atoms with van der Waals surface area (Å²) in [5.41, 5.74) is 0.744. The summed E-state index contributed by atoms with van der Waals surface area (Å²) >= 11 is 0. The van der Waals surface area contributed by atoms with E-state index < -0.39 is 22.7 Å². The third-order valence-corrected chi connectivity index (χ3v) is 4.78. The van der Waals surface area contributed by atoms with E-state index in [1.807, 2.05) is 0 Å². The first-order chi connectivity index (χ1) is 11.7. The van der Waals surface area contributed by atoms with Crippen LogP contribution in [0.1, 0.15) is 5.69 Å². The number of amidine groups is 1. The maximum Gasteiger partial charge on any atom is 0.408 e. The first kappa shape index (κ1) is 17.4. The molecule has 0 bridgehead atoms. The number of hydrogen-bond donors (Lipinski definition) is 2. The average molecular weight is 373 g/mol. The Bertz CT molecular complexity index is 905. The molecule has 0 atom stereocenters. The van der Waals surface area contributed by atoms with Crippen molar-refractivity contribution in [3.63, 3.8) is 0 Å². The van der Waals surface area contributed by atoms with Crippen LogP contribution < -0.4 is 10.6 Å². The number of benzene rings is 1. The Hall–Kier alpha value is -2.40. The summed E-state index contributed by atoms with van der Waals surface area (Å²) in [4.78, 5) is 0.0852. The van der Waals surface area contributed by atoms with Gasteiger partial charge in [-0.05, 0) is 18.2 Å². The van der Waals surface area contributed by atoms with Crippen molar-refractivity contribution in [2.24, 2.45) is 4.40 Å². The van der Waals surface area contributed by atoms with Crippen LogP contribution in [0.3, 0.4) is 0 Å². The lowest BCUT2D eigenvalue weighted by Gasteiger charge is -2.18. The average Bonchev–Trinajstić information content (AvgIpc) is 2.92. The molecule has 2 N–H and O–H groups in total. The minimum absolute atomic E-state index is 0.0464. The molecule has 0 amide bonds. The first-order valence-electron chi connectivity index (χ1n) is 7.23. The maximum atomic E-state index is 12.5. The molecule has 3 rings (SSSR count). The van der Waals surface area contributed by atoms with Crippen molar-refractivity contribution in [1.29, 1.82) is 0 Å². The second-order valence-electron chi connectivity index (χ2n) is 5.33. The van der Waals surface area contributed by atoms with Gasteiger partial charge in [0.25, 0.3) is 10.0 Å². The van der Waals surface area contributed by atoms with Crippen molar-refractivity contribution < 1.29 is 21.6 Å². The molecule has 2 aromatic rings. The lowest BCUT2D eigenvalue weighted by Crippen LogP contribution is -2.32. The summed E-state index contributed by atoms with van der Waals surface area (Å²) in [5.74, 6) is 0.167. The minimum Gasteiger partial charge on any atom is -0.341 e. The van der Waals surface area contributed by atoms with E-state index in [4.69, 9.17) is 0 Å². The number of para-hydroxylation sites is 1. The van der Waals surface area contributed by atoms with Crippen LogP contribution in [-0.2, 0) is 23.1 Å². The SMILES string of the molecule is O=S1(=O)N=C(CNCc2ccnn2CC(F)(F)F)Nc2ccccc21. The number of nitrogens with zero attached hydrogens (tertiary/aromatic N) is 3. The highest BCUT2D eigenvalue weighted by atomic mass is 32.2. The highest BCUT2D eigenvalue weighted by Crippen LogP contribution is 2.26. The Balaban J connectivity index is 1.64. The van der Waals surface area contributed by atoms with Crippen LogP contribution in [0.25, 0.3) is 0 Å². The molecule has 7 nitrogen and oxygen atoms in total. The fourth-order valence-corrected chi connectivity index (χ4v) is 3.52. The van der Waals surface area contributed by atoms with Crippen molar-refractivity contribution in [3.05, 3.63) is 42.2 Å². The summed E-state index contributed by atoms with van der Waals surface area (Å²) in [7, 11) is -3.79. The molecular formula is C14H14F3N5O2S. The second kappa shape index (κ2) is 6.48. The molecule has 1 aliphatic rings. The molecule has 0 radical (unpaired) electrons. The zero-order chi connectivity index (χ0) is 18.1. The van der Waals surface area contributed by atoms with Crippen molar-refractivity contribution >= 4 is 21.5 Å². The summed E-state index contributed by atoms with van der Waals surface area (Å²) in [6.45, 7) is -1.05. The molecule has 1 aromatic heterocycles. The van der Waals surface area contributed by atoms with Gasteiger partial charge >= 0.3 is 6.18 Å². The van der Waals surface area contributed by atoms with Gasteiger partial charge in [0.15, 0.2) is 0 Å². The van der Waals surface area contributed by atoms with Crippen LogP contribution in [0.5, 0.6) is 0 Å². The van der Waals surface area contributed by atoms with Gasteiger partial charge < -0.3 is 10.6 Å². The van der Waals surface area contributed by atoms with E-state index >= 15 is 0 Å². The van der Waals surface area contributed by atoms with E-state index in [2.05, 4.69) is 20.1 Å². The summed E-state index contributed by atoms with van der Waals surface area (Å²) < 4.78 is 66.1. The number of alkyl halides is 3. The lowest BCUT2D eigenvalue weighted by molar-refractivity contribution is -0.143. The number of hydrogen-bond acceptors (Lipinski definition) is 5. The summed E-state index contributed by atoms with van der Waals surface area (Å²) in [5, 5.41) is 9.39. The molecule has 11 heteroatoms. The normalized spacial score (nSPS) is 16.0. The Morgan fingerprint density at radius 3 is 2.68 bits per heavy atom. The van der Waals surface area contributed by atoms with Gasteiger partial charge in [-0.1, -0.05) is 12.1 Å². The molecule has 2 heterocycles. The van der Waals surface area contributed by atoms with Gasteiger partial charge in [0.05, 0.1) is 17.9 Å². The Labute approximate surface area is 141 Å². The van der Waals surface area contributed by atoms with E-state index in [0.29, 0.717) is 11.4 Å². The largest absolute Gasteiger partial charge is 0.408 e. The zero-order valence-corrected chi connectivity index (χ0v) is 13.6. The Morgan fingerprint density at radius 1 is 1.16 bits per heavy atom. The molecular weight excluding hydrogens is 359 g/mol. The number of anilines is 1. The van der Waals surface area contributed by atoms with Crippen molar-refractivity contribution in [3.8, 4) is 0 Å². The topological polar surface area (TPSA) is 88.4 Å². The van der Waals surface area contributed by atoms with Crippen molar-refractivity contribution in [2.45, 2.75) is 24.2 Å². The van der Waals surface area contributed by atoms with Gasteiger partial charge in [0.2, 0.25) is 0 Å². The van der Waals surface area contributed by atoms with Crippen LogP contribution in [0.15, 0.2) is 45.8 Å². The van der Waals surface area contributed by atoms with Gasteiger partial charge in [-0.3, -0.25) is 4.68 Å². The van der Waals surface area contributed by atoms with Crippen molar-refractivity contribution in [1.82, 2.24) is 15.1 Å². The van der Waals surface area contributed by atoms with Gasteiger partial charge in [0.1, 0.15) is 17.3 Å². The quantitative estimate of drug-likeness (QED) is 0.834. The molecule has 0 fully saturated rings. The highest BCUT2D eigenvalue weighted by Gasteiger charge is 2.29. The van der Waals surface area contributed by atoms with E-state index in [9.17, 15) is 21.6 Å². The van der Waals surface area contributed by atoms with E-state index in [1.54, 1.807) is 18.2 Å². The Kier molecular flexibility index (Phi) is 4.52. The van der Waals surface area contributed by atoms with Crippen LogP contribution in [0.4, 0.5) is 18.9 Å². The fraction of sp³-hybridized carbons (Fsp3) is 0.286. The maximum absolute atomic E-state index is 12.5. The van der Waals surface area contributed by atoms with Crippen molar-refractivity contribution in [2.75, 3.05) is 11.9 Å². The van der Waals surface area contributed by atoms with Gasteiger partial charge in [-0.25, -0.2) is 0 Å².